The highest BCUT2D eigenvalue weighted by Crippen LogP contribution is 2.39. The van der Waals surface area contributed by atoms with Gasteiger partial charge in [0, 0.05) is 11.5 Å². The molecule has 1 heterocycles. The number of hydrogen-bond acceptors (Lipinski definition) is 3. The lowest BCUT2D eigenvalue weighted by Crippen LogP contribution is -1.91. The number of hydrogen-bond donors (Lipinski definition) is 1. The Kier molecular flexibility index (Phi) is 2.70. The van der Waals surface area contributed by atoms with Crippen LogP contribution in [-0.4, -0.2) is 24.2 Å². The molecule has 0 bridgehead atoms. The number of aromatic amines is 1. The minimum atomic E-state index is 0.638. The summed E-state index contributed by atoms with van der Waals surface area (Å²) >= 11 is 0. The fourth-order valence-corrected chi connectivity index (χ4v) is 2.05. The molecule has 18 heavy (non-hydrogen) atoms. The lowest BCUT2D eigenvalue weighted by molar-refractivity contribution is 0.355. The van der Waals surface area contributed by atoms with Gasteiger partial charge in [-0.1, -0.05) is 0 Å². The van der Waals surface area contributed by atoms with Gasteiger partial charge in [0.15, 0.2) is 11.5 Å². The Labute approximate surface area is 106 Å². The number of H-pyrrole nitrogens is 1. The van der Waals surface area contributed by atoms with Crippen LogP contribution in [0.2, 0.25) is 0 Å². The normalized spacial score (nSPS) is 14.6. The summed E-state index contributed by atoms with van der Waals surface area (Å²) in [5.74, 6) is 3.21. The molecular formula is C14H16N2O2. The summed E-state index contributed by atoms with van der Waals surface area (Å²) in [6, 6.07) is 5.88. The lowest BCUT2D eigenvalue weighted by Gasteiger charge is -2.08. The molecule has 0 radical (unpaired) electrons. The molecule has 1 N–H and O–H groups in total. The van der Waals surface area contributed by atoms with Crippen LogP contribution in [-0.2, 0) is 0 Å². The molecule has 0 spiro atoms. The van der Waals surface area contributed by atoms with Crippen molar-refractivity contribution in [3.63, 3.8) is 0 Å². The maximum absolute atomic E-state index is 5.31. The second kappa shape index (κ2) is 4.37. The fourth-order valence-electron chi connectivity index (χ4n) is 2.05. The van der Waals surface area contributed by atoms with Gasteiger partial charge in [-0.15, -0.1) is 0 Å². The smallest absolute Gasteiger partial charge is 0.161 e. The summed E-state index contributed by atoms with van der Waals surface area (Å²) in [6.45, 7) is 0. The van der Waals surface area contributed by atoms with Crippen LogP contribution in [0.4, 0.5) is 0 Å². The summed E-state index contributed by atoms with van der Waals surface area (Å²) in [7, 11) is 3.28. The summed E-state index contributed by atoms with van der Waals surface area (Å²) in [4.78, 5) is 7.80. The molecular weight excluding hydrogens is 228 g/mol. The number of methoxy groups -OCH3 is 2. The van der Waals surface area contributed by atoms with E-state index >= 15 is 0 Å². The maximum atomic E-state index is 5.31. The van der Waals surface area contributed by atoms with Crippen molar-refractivity contribution in [1.29, 1.82) is 0 Å². The van der Waals surface area contributed by atoms with Crippen molar-refractivity contribution in [2.45, 2.75) is 18.8 Å². The number of rotatable bonds is 4. The molecule has 94 valence electrons. The van der Waals surface area contributed by atoms with E-state index in [1.807, 2.05) is 24.4 Å². The third-order valence-corrected chi connectivity index (χ3v) is 3.25. The highest BCUT2D eigenvalue weighted by Gasteiger charge is 2.26. The number of imidazole rings is 1. The van der Waals surface area contributed by atoms with E-state index in [0.29, 0.717) is 5.92 Å². The molecule has 1 saturated carbocycles. The molecule has 0 atom stereocenters. The van der Waals surface area contributed by atoms with Gasteiger partial charge in [-0.05, 0) is 31.0 Å². The zero-order valence-corrected chi connectivity index (χ0v) is 10.6. The van der Waals surface area contributed by atoms with Crippen molar-refractivity contribution in [2.24, 2.45) is 0 Å². The maximum Gasteiger partial charge on any atom is 0.161 e. The summed E-state index contributed by atoms with van der Waals surface area (Å²) in [5, 5.41) is 0. The summed E-state index contributed by atoms with van der Waals surface area (Å²) in [5.41, 5.74) is 2.09. The Hall–Kier alpha value is -1.97. The van der Waals surface area contributed by atoms with Crippen molar-refractivity contribution < 1.29 is 9.47 Å². The Balaban J connectivity index is 1.94. The van der Waals surface area contributed by atoms with E-state index < -0.39 is 0 Å². The largest absolute Gasteiger partial charge is 0.493 e. The van der Waals surface area contributed by atoms with Gasteiger partial charge in [0.05, 0.1) is 26.1 Å². The van der Waals surface area contributed by atoms with Crippen molar-refractivity contribution >= 4 is 0 Å². The van der Waals surface area contributed by atoms with Crippen molar-refractivity contribution in [3.8, 4) is 22.8 Å². The van der Waals surface area contributed by atoms with Crippen LogP contribution in [0.5, 0.6) is 11.5 Å². The average molecular weight is 244 g/mol. The minimum Gasteiger partial charge on any atom is -0.493 e. The molecule has 2 aromatic rings. The molecule has 1 aromatic heterocycles. The van der Waals surface area contributed by atoms with Gasteiger partial charge < -0.3 is 14.5 Å². The highest BCUT2D eigenvalue weighted by molar-refractivity contribution is 5.63. The van der Waals surface area contributed by atoms with E-state index in [4.69, 9.17) is 9.47 Å². The number of nitrogens with zero attached hydrogens (tertiary/aromatic N) is 1. The molecule has 1 aliphatic rings. The van der Waals surface area contributed by atoms with Crippen molar-refractivity contribution in [1.82, 2.24) is 9.97 Å². The molecule has 0 aliphatic heterocycles. The first kappa shape index (κ1) is 11.1. The second-order valence-corrected chi connectivity index (χ2v) is 4.53. The molecule has 4 heteroatoms. The molecule has 1 fully saturated rings. The van der Waals surface area contributed by atoms with E-state index in [-0.39, 0.29) is 0 Å². The van der Waals surface area contributed by atoms with Gasteiger partial charge in [-0.2, -0.15) is 0 Å². The van der Waals surface area contributed by atoms with Crippen LogP contribution in [0, 0.1) is 0 Å². The zero-order chi connectivity index (χ0) is 12.5. The summed E-state index contributed by atoms with van der Waals surface area (Å²) < 4.78 is 10.5. The SMILES string of the molecule is COc1ccc(-c2cnc(C3CC3)[nH]2)cc1OC. The van der Waals surface area contributed by atoms with Crippen LogP contribution < -0.4 is 9.47 Å². The van der Waals surface area contributed by atoms with Crippen LogP contribution in [0.1, 0.15) is 24.6 Å². The van der Waals surface area contributed by atoms with Crippen LogP contribution in [0.25, 0.3) is 11.3 Å². The van der Waals surface area contributed by atoms with Crippen LogP contribution >= 0.6 is 0 Å². The zero-order valence-electron chi connectivity index (χ0n) is 10.6. The molecule has 1 aromatic carbocycles. The first-order valence-electron chi connectivity index (χ1n) is 6.09. The molecule has 4 nitrogen and oxygen atoms in total. The second-order valence-electron chi connectivity index (χ2n) is 4.53. The minimum absolute atomic E-state index is 0.638. The fraction of sp³-hybridized carbons (Fsp3) is 0.357. The van der Waals surface area contributed by atoms with Gasteiger partial charge in [0.2, 0.25) is 0 Å². The Bertz CT molecular complexity index is 559. The third-order valence-electron chi connectivity index (χ3n) is 3.25. The Morgan fingerprint density at radius 3 is 2.61 bits per heavy atom. The monoisotopic (exact) mass is 244 g/mol. The van der Waals surface area contributed by atoms with Gasteiger partial charge in [0.1, 0.15) is 5.82 Å². The van der Waals surface area contributed by atoms with E-state index in [2.05, 4.69) is 9.97 Å². The van der Waals surface area contributed by atoms with E-state index in [0.717, 1.165) is 28.6 Å². The van der Waals surface area contributed by atoms with Gasteiger partial charge in [-0.25, -0.2) is 4.98 Å². The average Bonchev–Trinajstić information content (AvgIpc) is 3.16. The number of nitrogens with one attached hydrogen (secondary N) is 1. The quantitative estimate of drug-likeness (QED) is 0.899. The standard InChI is InChI=1S/C14H16N2O2/c1-17-12-6-5-10(7-13(12)18-2)11-8-15-14(16-11)9-3-4-9/h5-9H,3-4H2,1-2H3,(H,15,16). The van der Waals surface area contributed by atoms with Gasteiger partial charge in [0.25, 0.3) is 0 Å². The van der Waals surface area contributed by atoms with Gasteiger partial charge in [-0.3, -0.25) is 0 Å². The molecule has 0 unspecified atom stereocenters. The molecule has 0 amide bonds. The van der Waals surface area contributed by atoms with Crippen molar-refractivity contribution in [3.05, 3.63) is 30.2 Å². The predicted octanol–water partition coefficient (Wildman–Crippen LogP) is 2.97. The lowest BCUT2D eigenvalue weighted by atomic mass is 10.1. The highest BCUT2D eigenvalue weighted by atomic mass is 16.5. The first-order chi connectivity index (χ1) is 8.81. The molecule has 1 aliphatic carbocycles. The number of aromatic nitrogens is 2. The van der Waals surface area contributed by atoms with Crippen molar-refractivity contribution in [2.75, 3.05) is 14.2 Å². The number of benzene rings is 1. The Morgan fingerprint density at radius 2 is 1.94 bits per heavy atom. The van der Waals surface area contributed by atoms with E-state index in [1.54, 1.807) is 14.2 Å². The predicted molar refractivity (Wildman–Crippen MR) is 69.1 cm³/mol. The van der Waals surface area contributed by atoms with Crippen LogP contribution in [0.3, 0.4) is 0 Å². The van der Waals surface area contributed by atoms with Gasteiger partial charge >= 0.3 is 0 Å². The first-order valence-corrected chi connectivity index (χ1v) is 6.09. The molecule has 0 saturated heterocycles. The Morgan fingerprint density at radius 1 is 1.17 bits per heavy atom. The van der Waals surface area contributed by atoms with Crippen LogP contribution in [0.15, 0.2) is 24.4 Å². The molecule has 3 rings (SSSR count). The third kappa shape index (κ3) is 1.94. The van der Waals surface area contributed by atoms with E-state index in [9.17, 15) is 0 Å². The van der Waals surface area contributed by atoms with E-state index in [1.165, 1.54) is 12.8 Å². The summed E-state index contributed by atoms with van der Waals surface area (Å²) in [6.07, 6.45) is 4.38. The topological polar surface area (TPSA) is 47.1 Å². The number of ether oxygens (including phenoxy) is 2.